The zero-order valence-corrected chi connectivity index (χ0v) is 11.9. The largest absolute Gasteiger partial charge is 0.335 e. The third kappa shape index (κ3) is 3.16. The normalized spacial score (nSPS) is 12.7. The summed E-state index contributed by atoms with van der Waals surface area (Å²) in [7, 11) is 0. The summed E-state index contributed by atoms with van der Waals surface area (Å²) in [6.07, 6.45) is 4.83. The van der Waals surface area contributed by atoms with E-state index in [0.29, 0.717) is 6.42 Å². The van der Waals surface area contributed by atoms with E-state index in [1.807, 2.05) is 10.8 Å². The molecule has 0 spiro atoms. The molecule has 1 aromatic carbocycles. The number of benzene rings is 1. The van der Waals surface area contributed by atoms with Crippen molar-refractivity contribution in [1.29, 1.82) is 0 Å². The second kappa shape index (κ2) is 6.33. The number of nitrogens with two attached hydrogens (primary N) is 1. The molecule has 6 heteroatoms. The lowest BCUT2D eigenvalue weighted by Gasteiger charge is -2.14. The fraction of sp³-hybridized carbons (Fsp3) is 0.357. The molecule has 3 nitrogen and oxygen atoms in total. The molecule has 2 rings (SSSR count). The smallest absolute Gasteiger partial charge is 0.142 e. The summed E-state index contributed by atoms with van der Waals surface area (Å²) < 4.78 is 29.2. The van der Waals surface area contributed by atoms with Gasteiger partial charge in [-0.1, -0.05) is 18.5 Å². The quantitative estimate of drug-likeness (QED) is 0.859. The molecule has 1 unspecified atom stereocenters. The van der Waals surface area contributed by atoms with Crippen molar-refractivity contribution in [1.82, 2.24) is 9.55 Å². The van der Waals surface area contributed by atoms with Crippen LogP contribution >= 0.6 is 11.6 Å². The van der Waals surface area contributed by atoms with Crippen LogP contribution in [0.25, 0.3) is 0 Å². The predicted octanol–water partition coefficient (Wildman–Crippen LogP) is 3.47. The lowest BCUT2D eigenvalue weighted by atomic mass is 10.0. The molecular weight excluding hydrogens is 284 g/mol. The first-order valence-corrected chi connectivity index (χ1v) is 6.80. The van der Waals surface area contributed by atoms with Gasteiger partial charge in [-0.2, -0.15) is 0 Å². The highest BCUT2D eigenvalue weighted by molar-refractivity contribution is 6.30. The van der Waals surface area contributed by atoms with Crippen molar-refractivity contribution in [3.05, 3.63) is 52.6 Å². The Hall–Kier alpha value is -1.46. The third-order valence-corrected chi connectivity index (χ3v) is 3.40. The molecule has 0 aliphatic carbocycles. The molecule has 0 fully saturated rings. The number of hydrogen-bond acceptors (Lipinski definition) is 2. The minimum Gasteiger partial charge on any atom is -0.335 e. The van der Waals surface area contributed by atoms with E-state index in [0.717, 1.165) is 30.9 Å². The average Bonchev–Trinajstić information content (AvgIpc) is 2.81. The molecule has 0 amide bonds. The fourth-order valence-electron chi connectivity index (χ4n) is 2.10. The van der Waals surface area contributed by atoms with E-state index in [4.69, 9.17) is 17.3 Å². The van der Waals surface area contributed by atoms with Gasteiger partial charge in [0.05, 0.1) is 5.02 Å². The summed E-state index contributed by atoms with van der Waals surface area (Å²) in [5.74, 6) is -0.512. The van der Waals surface area contributed by atoms with Crippen LogP contribution in [0, 0.1) is 11.6 Å². The molecule has 2 N–H and O–H groups in total. The zero-order chi connectivity index (χ0) is 14.7. The zero-order valence-electron chi connectivity index (χ0n) is 11.1. The lowest BCUT2D eigenvalue weighted by Crippen LogP contribution is -2.18. The van der Waals surface area contributed by atoms with Gasteiger partial charge in [0.15, 0.2) is 0 Å². The van der Waals surface area contributed by atoms with Crippen molar-refractivity contribution in [2.24, 2.45) is 5.73 Å². The van der Waals surface area contributed by atoms with Gasteiger partial charge >= 0.3 is 0 Å². The van der Waals surface area contributed by atoms with Crippen molar-refractivity contribution in [2.45, 2.75) is 32.4 Å². The second-order valence-corrected chi connectivity index (χ2v) is 5.04. The Labute approximate surface area is 121 Å². The Morgan fingerprint density at radius 1 is 1.35 bits per heavy atom. The molecule has 0 bridgehead atoms. The molecule has 20 heavy (non-hydrogen) atoms. The summed E-state index contributed by atoms with van der Waals surface area (Å²) in [6, 6.07) is 1.33. The van der Waals surface area contributed by atoms with Gasteiger partial charge in [-0.15, -0.1) is 0 Å². The Kier molecular flexibility index (Phi) is 4.73. The molecule has 2 aromatic rings. The first-order valence-electron chi connectivity index (χ1n) is 6.43. The van der Waals surface area contributed by atoms with Gasteiger partial charge in [-0.05, 0) is 18.6 Å². The van der Waals surface area contributed by atoms with Crippen LogP contribution in [0.5, 0.6) is 0 Å². The fourth-order valence-corrected chi connectivity index (χ4v) is 2.25. The first-order chi connectivity index (χ1) is 9.52. The summed E-state index contributed by atoms with van der Waals surface area (Å²) in [5.41, 5.74) is 6.08. The number of imidazole rings is 1. The van der Waals surface area contributed by atoms with E-state index in [1.165, 1.54) is 0 Å². The van der Waals surface area contributed by atoms with E-state index in [-0.39, 0.29) is 10.6 Å². The third-order valence-electron chi connectivity index (χ3n) is 3.11. The standard InChI is InChI=1S/C14H16ClF2N3/c1-2-4-20-5-3-19-14(20)8-13(18)9-6-12(17)10(15)7-11(9)16/h3,5-7,13H,2,4,8,18H2,1H3. The Morgan fingerprint density at radius 3 is 2.80 bits per heavy atom. The number of nitrogens with zero attached hydrogens (tertiary/aromatic N) is 2. The Balaban J connectivity index is 2.21. The van der Waals surface area contributed by atoms with Crippen molar-refractivity contribution in [2.75, 3.05) is 0 Å². The SMILES string of the molecule is CCCn1ccnc1CC(N)c1cc(F)c(Cl)cc1F. The number of rotatable bonds is 5. The van der Waals surface area contributed by atoms with Crippen LogP contribution in [-0.4, -0.2) is 9.55 Å². The van der Waals surface area contributed by atoms with Crippen LogP contribution in [0.15, 0.2) is 24.5 Å². The van der Waals surface area contributed by atoms with Gasteiger partial charge in [0, 0.05) is 37.0 Å². The molecule has 0 radical (unpaired) electrons. The molecule has 0 aliphatic rings. The van der Waals surface area contributed by atoms with E-state index in [2.05, 4.69) is 11.9 Å². The monoisotopic (exact) mass is 299 g/mol. The highest BCUT2D eigenvalue weighted by Gasteiger charge is 2.17. The number of aromatic nitrogens is 2. The van der Waals surface area contributed by atoms with Gasteiger partial charge in [0.2, 0.25) is 0 Å². The molecular formula is C14H16ClF2N3. The summed E-state index contributed by atoms with van der Waals surface area (Å²) in [5, 5.41) is -0.245. The van der Waals surface area contributed by atoms with Gasteiger partial charge < -0.3 is 10.3 Å². The summed E-state index contributed by atoms with van der Waals surface area (Å²) in [4.78, 5) is 4.21. The molecule has 1 heterocycles. The van der Waals surface area contributed by atoms with Crippen molar-refractivity contribution in [3.63, 3.8) is 0 Å². The van der Waals surface area contributed by atoms with Crippen molar-refractivity contribution < 1.29 is 8.78 Å². The Morgan fingerprint density at radius 2 is 2.10 bits per heavy atom. The van der Waals surface area contributed by atoms with Gasteiger partial charge in [0.1, 0.15) is 17.5 Å². The van der Waals surface area contributed by atoms with E-state index in [9.17, 15) is 8.78 Å². The number of halogens is 3. The van der Waals surface area contributed by atoms with Crippen molar-refractivity contribution in [3.8, 4) is 0 Å². The lowest BCUT2D eigenvalue weighted by molar-refractivity contribution is 0.545. The highest BCUT2D eigenvalue weighted by Crippen LogP contribution is 2.24. The van der Waals surface area contributed by atoms with Gasteiger partial charge in [-0.3, -0.25) is 0 Å². The molecule has 0 aliphatic heterocycles. The van der Waals surface area contributed by atoms with Crippen LogP contribution < -0.4 is 5.73 Å². The Bertz CT molecular complexity index is 598. The minimum absolute atomic E-state index is 0.109. The first kappa shape index (κ1) is 14.9. The molecule has 1 atom stereocenters. The minimum atomic E-state index is -0.671. The van der Waals surface area contributed by atoms with Crippen molar-refractivity contribution >= 4 is 11.6 Å². The van der Waals surface area contributed by atoms with Crippen LogP contribution in [0.1, 0.15) is 30.8 Å². The van der Waals surface area contributed by atoms with Crippen LogP contribution in [-0.2, 0) is 13.0 Å². The maximum atomic E-state index is 13.8. The maximum absolute atomic E-state index is 13.8. The molecule has 0 saturated carbocycles. The predicted molar refractivity (Wildman–Crippen MR) is 74.5 cm³/mol. The van der Waals surface area contributed by atoms with Gasteiger partial charge in [0.25, 0.3) is 0 Å². The summed E-state index contributed by atoms with van der Waals surface area (Å²) >= 11 is 5.53. The average molecular weight is 300 g/mol. The van der Waals surface area contributed by atoms with Crippen LogP contribution in [0.4, 0.5) is 8.78 Å². The summed E-state index contributed by atoms with van der Waals surface area (Å²) in [6.45, 7) is 2.87. The van der Waals surface area contributed by atoms with Crippen LogP contribution in [0.2, 0.25) is 5.02 Å². The second-order valence-electron chi connectivity index (χ2n) is 4.64. The van der Waals surface area contributed by atoms with Gasteiger partial charge in [-0.25, -0.2) is 13.8 Å². The van der Waals surface area contributed by atoms with E-state index >= 15 is 0 Å². The number of hydrogen-bond donors (Lipinski definition) is 1. The molecule has 108 valence electrons. The van der Waals surface area contributed by atoms with E-state index < -0.39 is 17.7 Å². The van der Waals surface area contributed by atoms with E-state index in [1.54, 1.807) is 6.20 Å². The van der Waals surface area contributed by atoms with Crippen LogP contribution in [0.3, 0.4) is 0 Å². The topological polar surface area (TPSA) is 43.8 Å². The molecule has 1 aromatic heterocycles. The molecule has 0 saturated heterocycles. The maximum Gasteiger partial charge on any atom is 0.142 e. The highest BCUT2D eigenvalue weighted by atomic mass is 35.5. The number of aryl methyl sites for hydroxylation is 1.